The molecule has 2 nitrogen and oxygen atoms in total. The van der Waals surface area contributed by atoms with Crippen LogP contribution in [-0.4, -0.2) is 13.1 Å². The average Bonchev–Trinajstić information content (AvgIpc) is 2.47. The average molecular weight is 307 g/mol. The van der Waals surface area contributed by atoms with Gasteiger partial charge in [-0.05, 0) is 49.2 Å². The Hall–Kier alpha value is -1.58. The highest BCUT2D eigenvalue weighted by Crippen LogP contribution is 2.29. The molecule has 2 N–H and O–H groups in total. The Bertz CT molecular complexity index is 615. The van der Waals surface area contributed by atoms with E-state index in [1.165, 1.54) is 11.6 Å². The van der Waals surface area contributed by atoms with Gasteiger partial charge in [-0.2, -0.15) is 0 Å². The lowest BCUT2D eigenvalue weighted by Gasteiger charge is -2.32. The van der Waals surface area contributed by atoms with E-state index in [0.717, 1.165) is 17.8 Å². The summed E-state index contributed by atoms with van der Waals surface area (Å²) in [7, 11) is 0. The molecule has 1 unspecified atom stereocenters. The fourth-order valence-corrected chi connectivity index (χ4v) is 2.74. The maximum atomic E-state index is 13.3. The molecule has 2 aromatic rings. The Balaban J connectivity index is 2.39. The molecule has 0 aliphatic carbocycles. The Labute approximate surface area is 130 Å². The predicted molar refractivity (Wildman–Crippen MR) is 87.4 cm³/mol. The molecule has 0 aliphatic rings. The third kappa shape index (κ3) is 3.55. The van der Waals surface area contributed by atoms with Gasteiger partial charge in [-0.1, -0.05) is 29.8 Å². The molecule has 4 heteroatoms. The minimum Gasteiger partial charge on any atom is -0.363 e. The van der Waals surface area contributed by atoms with Gasteiger partial charge >= 0.3 is 0 Å². The van der Waals surface area contributed by atoms with Crippen LogP contribution in [0.2, 0.25) is 5.02 Å². The maximum absolute atomic E-state index is 13.3. The molecule has 0 aliphatic heterocycles. The van der Waals surface area contributed by atoms with E-state index in [0.29, 0.717) is 6.54 Å². The van der Waals surface area contributed by atoms with E-state index in [4.69, 9.17) is 17.3 Å². The van der Waals surface area contributed by atoms with Crippen molar-refractivity contribution in [3.63, 3.8) is 0 Å². The molecule has 112 valence electrons. The van der Waals surface area contributed by atoms with E-state index < -0.39 is 5.82 Å². The Morgan fingerprint density at radius 3 is 2.57 bits per heavy atom. The largest absolute Gasteiger partial charge is 0.363 e. The summed E-state index contributed by atoms with van der Waals surface area (Å²) in [6, 6.07) is 13.0. The lowest BCUT2D eigenvalue weighted by molar-refractivity contribution is 0.618. The Kier molecular flexibility index (Phi) is 5.21. The number of benzene rings is 2. The van der Waals surface area contributed by atoms with E-state index in [1.807, 2.05) is 6.07 Å². The van der Waals surface area contributed by atoms with Crippen LogP contribution in [0.15, 0.2) is 42.5 Å². The molecule has 0 spiro atoms. The molecule has 0 bridgehead atoms. The fourth-order valence-electron chi connectivity index (χ4n) is 2.55. The standard InChI is InChI=1S/C17H20ClFN2/c1-3-21(14-6-4-5-12(2)9-14)17(11-20)13-7-8-16(19)15(18)10-13/h4-10,17H,3,11,20H2,1-2H3. The minimum absolute atomic E-state index is 0.0325. The quantitative estimate of drug-likeness (QED) is 0.891. The van der Waals surface area contributed by atoms with Crippen LogP contribution in [0.1, 0.15) is 24.1 Å². The molecule has 2 rings (SSSR count). The van der Waals surface area contributed by atoms with Crippen LogP contribution >= 0.6 is 11.6 Å². The van der Waals surface area contributed by atoms with Crippen molar-refractivity contribution in [1.82, 2.24) is 0 Å². The smallest absolute Gasteiger partial charge is 0.141 e. The third-order valence-corrected chi connectivity index (χ3v) is 3.89. The van der Waals surface area contributed by atoms with Crippen LogP contribution in [0.3, 0.4) is 0 Å². The van der Waals surface area contributed by atoms with Gasteiger partial charge in [-0.15, -0.1) is 0 Å². The van der Waals surface area contributed by atoms with Gasteiger partial charge in [0.25, 0.3) is 0 Å². The molecule has 0 radical (unpaired) electrons. The highest BCUT2D eigenvalue weighted by molar-refractivity contribution is 6.30. The topological polar surface area (TPSA) is 29.3 Å². The van der Waals surface area contributed by atoms with Crippen LogP contribution < -0.4 is 10.6 Å². The molecule has 1 atom stereocenters. The Morgan fingerprint density at radius 2 is 2.00 bits per heavy atom. The van der Waals surface area contributed by atoms with Crippen molar-refractivity contribution in [2.24, 2.45) is 5.73 Å². The first-order valence-corrected chi connectivity index (χ1v) is 7.43. The van der Waals surface area contributed by atoms with E-state index in [2.05, 4.69) is 36.9 Å². The van der Waals surface area contributed by atoms with Crippen LogP contribution in [0.4, 0.5) is 10.1 Å². The number of rotatable bonds is 5. The first kappa shape index (κ1) is 15.8. The first-order chi connectivity index (χ1) is 10.1. The van der Waals surface area contributed by atoms with Crippen LogP contribution in [0.5, 0.6) is 0 Å². The zero-order chi connectivity index (χ0) is 15.4. The number of nitrogens with zero attached hydrogens (tertiary/aromatic N) is 1. The number of halogens is 2. The normalized spacial score (nSPS) is 12.2. The van der Waals surface area contributed by atoms with Crippen LogP contribution in [0.25, 0.3) is 0 Å². The fraction of sp³-hybridized carbons (Fsp3) is 0.294. The summed E-state index contributed by atoms with van der Waals surface area (Å²) in [6.45, 7) is 5.38. The van der Waals surface area contributed by atoms with Crippen molar-refractivity contribution in [3.05, 3.63) is 64.4 Å². The number of hydrogen-bond acceptors (Lipinski definition) is 2. The summed E-state index contributed by atoms with van der Waals surface area (Å²) in [4.78, 5) is 2.20. The number of anilines is 1. The van der Waals surface area contributed by atoms with Gasteiger partial charge in [0.1, 0.15) is 5.82 Å². The van der Waals surface area contributed by atoms with E-state index in [1.54, 1.807) is 12.1 Å². The molecular weight excluding hydrogens is 287 g/mol. The molecule has 21 heavy (non-hydrogen) atoms. The SMILES string of the molecule is CCN(c1cccc(C)c1)C(CN)c1ccc(F)c(Cl)c1. The molecule has 0 fully saturated rings. The maximum Gasteiger partial charge on any atom is 0.141 e. The summed E-state index contributed by atoms with van der Waals surface area (Å²) in [5.74, 6) is -0.408. The summed E-state index contributed by atoms with van der Waals surface area (Å²) < 4.78 is 13.3. The van der Waals surface area contributed by atoms with Gasteiger partial charge in [0.15, 0.2) is 0 Å². The lowest BCUT2D eigenvalue weighted by atomic mass is 10.0. The van der Waals surface area contributed by atoms with Gasteiger partial charge in [-0.3, -0.25) is 0 Å². The van der Waals surface area contributed by atoms with Gasteiger partial charge in [0.2, 0.25) is 0 Å². The second kappa shape index (κ2) is 6.92. The molecule has 0 aromatic heterocycles. The number of hydrogen-bond donors (Lipinski definition) is 1. The van der Waals surface area contributed by atoms with Crippen molar-refractivity contribution in [2.45, 2.75) is 19.9 Å². The number of likely N-dealkylation sites (N-methyl/N-ethyl adjacent to an activating group) is 1. The van der Waals surface area contributed by atoms with Crippen molar-refractivity contribution in [2.75, 3.05) is 18.0 Å². The van der Waals surface area contributed by atoms with Gasteiger partial charge in [0, 0.05) is 18.8 Å². The second-order valence-corrected chi connectivity index (χ2v) is 5.46. The summed E-state index contributed by atoms with van der Waals surface area (Å²) in [5.41, 5.74) is 9.19. The van der Waals surface area contributed by atoms with Crippen molar-refractivity contribution >= 4 is 17.3 Å². The zero-order valence-corrected chi connectivity index (χ0v) is 13.1. The van der Waals surface area contributed by atoms with Crippen molar-refractivity contribution in [3.8, 4) is 0 Å². The van der Waals surface area contributed by atoms with Crippen molar-refractivity contribution < 1.29 is 4.39 Å². The molecule has 0 saturated carbocycles. The van der Waals surface area contributed by atoms with Crippen LogP contribution in [0, 0.1) is 12.7 Å². The van der Waals surface area contributed by atoms with Gasteiger partial charge in [-0.25, -0.2) is 4.39 Å². The number of nitrogens with two attached hydrogens (primary N) is 1. The van der Waals surface area contributed by atoms with Crippen LogP contribution in [-0.2, 0) is 0 Å². The molecule has 0 saturated heterocycles. The highest BCUT2D eigenvalue weighted by Gasteiger charge is 2.19. The monoisotopic (exact) mass is 306 g/mol. The van der Waals surface area contributed by atoms with Gasteiger partial charge < -0.3 is 10.6 Å². The summed E-state index contributed by atoms with van der Waals surface area (Å²) >= 11 is 5.90. The second-order valence-electron chi connectivity index (χ2n) is 5.05. The van der Waals surface area contributed by atoms with E-state index in [9.17, 15) is 4.39 Å². The Morgan fingerprint density at radius 1 is 1.24 bits per heavy atom. The highest BCUT2D eigenvalue weighted by atomic mass is 35.5. The first-order valence-electron chi connectivity index (χ1n) is 7.05. The number of aryl methyl sites for hydroxylation is 1. The summed E-state index contributed by atoms with van der Waals surface area (Å²) in [6.07, 6.45) is 0. The molecule has 0 heterocycles. The third-order valence-electron chi connectivity index (χ3n) is 3.60. The van der Waals surface area contributed by atoms with Gasteiger partial charge in [0.05, 0.1) is 11.1 Å². The molecular formula is C17H20ClFN2. The lowest BCUT2D eigenvalue weighted by Crippen LogP contribution is -2.33. The predicted octanol–water partition coefficient (Wildman–Crippen LogP) is 4.31. The van der Waals surface area contributed by atoms with E-state index >= 15 is 0 Å². The minimum atomic E-state index is -0.408. The summed E-state index contributed by atoms with van der Waals surface area (Å²) in [5, 5.41) is 0.131. The van der Waals surface area contributed by atoms with E-state index in [-0.39, 0.29) is 11.1 Å². The molecule has 0 amide bonds. The van der Waals surface area contributed by atoms with Crippen molar-refractivity contribution in [1.29, 1.82) is 0 Å². The molecule has 2 aromatic carbocycles. The zero-order valence-electron chi connectivity index (χ0n) is 12.3.